The number of methoxy groups -OCH3 is 2. The Balaban J connectivity index is 2.01. The van der Waals surface area contributed by atoms with Crippen LogP contribution in [0.5, 0.6) is 23.0 Å². The highest BCUT2D eigenvalue weighted by molar-refractivity contribution is 6.32. The molecule has 2 aromatic rings. The quantitative estimate of drug-likeness (QED) is 0.431. The summed E-state index contributed by atoms with van der Waals surface area (Å²) in [5.41, 5.74) is 5.60. The minimum Gasteiger partial charge on any atom is -0.493 e. The lowest BCUT2D eigenvalue weighted by molar-refractivity contribution is -0.117. The molecule has 0 atom stereocenters. The van der Waals surface area contributed by atoms with E-state index in [-0.39, 0.29) is 6.10 Å². The Kier molecular flexibility index (Phi) is 9.22. The van der Waals surface area contributed by atoms with Gasteiger partial charge in [-0.1, -0.05) is 11.6 Å². The van der Waals surface area contributed by atoms with Crippen LogP contribution < -0.4 is 29.8 Å². The smallest absolute Gasteiger partial charge is 0.269 e. The fourth-order valence-corrected chi connectivity index (χ4v) is 2.96. The van der Waals surface area contributed by atoms with Crippen LogP contribution in [0.1, 0.15) is 36.7 Å². The van der Waals surface area contributed by atoms with Crippen molar-refractivity contribution in [2.45, 2.75) is 26.9 Å². The first-order chi connectivity index (χ1) is 15.3. The molecule has 2 aromatic carbocycles. The van der Waals surface area contributed by atoms with Gasteiger partial charge in [0, 0.05) is 11.6 Å². The SMILES string of the molecule is CCOc1c(Cl)cc(/C=C/C(=O)NNC(=O)c2ccc(OC(C)C)c(OC)c2)cc1OC. The molecule has 0 fully saturated rings. The summed E-state index contributed by atoms with van der Waals surface area (Å²) in [5, 5.41) is 0.360. The molecular formula is C23H27ClN2O6. The largest absolute Gasteiger partial charge is 0.493 e. The van der Waals surface area contributed by atoms with Crippen LogP contribution in [0.25, 0.3) is 6.08 Å². The lowest BCUT2D eigenvalue weighted by Crippen LogP contribution is -2.40. The lowest BCUT2D eigenvalue weighted by Gasteiger charge is -2.14. The van der Waals surface area contributed by atoms with Crippen LogP contribution in [0.15, 0.2) is 36.4 Å². The molecule has 0 saturated heterocycles. The van der Waals surface area contributed by atoms with Crippen LogP contribution in [0, 0.1) is 0 Å². The molecule has 0 aliphatic rings. The van der Waals surface area contributed by atoms with E-state index in [1.807, 2.05) is 20.8 Å². The molecule has 8 nitrogen and oxygen atoms in total. The van der Waals surface area contributed by atoms with Crippen molar-refractivity contribution in [1.82, 2.24) is 10.9 Å². The van der Waals surface area contributed by atoms with Gasteiger partial charge in [0.05, 0.1) is 32.0 Å². The molecule has 0 aliphatic heterocycles. The van der Waals surface area contributed by atoms with Crippen LogP contribution in [0.4, 0.5) is 0 Å². The summed E-state index contributed by atoms with van der Waals surface area (Å²) in [5.74, 6) is 0.785. The minimum absolute atomic E-state index is 0.0418. The van der Waals surface area contributed by atoms with Crippen LogP contribution in [0.3, 0.4) is 0 Å². The van der Waals surface area contributed by atoms with E-state index in [0.717, 1.165) is 0 Å². The van der Waals surface area contributed by atoms with Gasteiger partial charge in [-0.2, -0.15) is 0 Å². The topological polar surface area (TPSA) is 95.1 Å². The maximum atomic E-state index is 12.4. The van der Waals surface area contributed by atoms with Gasteiger partial charge in [0.1, 0.15) is 0 Å². The van der Waals surface area contributed by atoms with Crippen molar-refractivity contribution in [1.29, 1.82) is 0 Å². The van der Waals surface area contributed by atoms with Gasteiger partial charge in [-0.25, -0.2) is 0 Å². The predicted molar refractivity (Wildman–Crippen MR) is 123 cm³/mol. The number of amides is 2. The average Bonchev–Trinajstić information content (AvgIpc) is 2.77. The minimum atomic E-state index is -0.533. The van der Waals surface area contributed by atoms with E-state index in [0.29, 0.717) is 45.8 Å². The van der Waals surface area contributed by atoms with Gasteiger partial charge in [-0.15, -0.1) is 0 Å². The van der Waals surface area contributed by atoms with Gasteiger partial charge < -0.3 is 18.9 Å². The molecule has 0 aliphatic carbocycles. The highest BCUT2D eigenvalue weighted by Gasteiger charge is 2.13. The molecule has 2 N–H and O–H groups in total. The maximum Gasteiger partial charge on any atom is 0.269 e. The number of hydrazine groups is 1. The van der Waals surface area contributed by atoms with Crippen molar-refractivity contribution in [2.75, 3.05) is 20.8 Å². The fourth-order valence-electron chi connectivity index (χ4n) is 2.68. The molecule has 0 saturated carbocycles. The summed E-state index contributed by atoms with van der Waals surface area (Å²) >= 11 is 6.23. The monoisotopic (exact) mass is 462 g/mol. The molecule has 172 valence electrons. The second-order valence-corrected chi connectivity index (χ2v) is 7.18. The highest BCUT2D eigenvalue weighted by atomic mass is 35.5. The molecular weight excluding hydrogens is 436 g/mol. The summed E-state index contributed by atoms with van der Waals surface area (Å²) in [6.45, 7) is 6.06. The van der Waals surface area contributed by atoms with E-state index in [1.165, 1.54) is 32.4 Å². The number of benzene rings is 2. The summed E-state index contributed by atoms with van der Waals surface area (Å²) in [6, 6.07) is 8.07. The van der Waals surface area contributed by atoms with Crippen molar-refractivity contribution < 1.29 is 28.5 Å². The number of hydrogen-bond acceptors (Lipinski definition) is 6. The Bertz CT molecular complexity index is 991. The molecule has 9 heteroatoms. The van der Waals surface area contributed by atoms with Crippen molar-refractivity contribution >= 4 is 29.5 Å². The third kappa shape index (κ3) is 6.81. The van der Waals surface area contributed by atoms with E-state index >= 15 is 0 Å². The van der Waals surface area contributed by atoms with Crippen molar-refractivity contribution in [3.8, 4) is 23.0 Å². The summed E-state index contributed by atoms with van der Waals surface area (Å²) < 4.78 is 21.6. The molecule has 2 amide bonds. The molecule has 0 aromatic heterocycles. The third-order valence-electron chi connectivity index (χ3n) is 4.06. The molecule has 0 bridgehead atoms. The van der Waals surface area contributed by atoms with Crippen LogP contribution in [0.2, 0.25) is 5.02 Å². The number of hydrogen-bond donors (Lipinski definition) is 2. The Morgan fingerprint density at radius 1 is 1.03 bits per heavy atom. The van der Waals surface area contributed by atoms with E-state index in [2.05, 4.69) is 10.9 Å². The second kappa shape index (κ2) is 11.9. The molecule has 0 radical (unpaired) electrons. The highest BCUT2D eigenvalue weighted by Crippen LogP contribution is 2.36. The number of rotatable bonds is 9. The number of nitrogens with one attached hydrogen (secondary N) is 2. The predicted octanol–water partition coefficient (Wildman–Crippen LogP) is 4.02. The van der Waals surface area contributed by atoms with E-state index < -0.39 is 11.8 Å². The normalized spacial score (nSPS) is 10.7. The molecule has 32 heavy (non-hydrogen) atoms. The first-order valence-electron chi connectivity index (χ1n) is 9.92. The molecule has 2 rings (SSSR count). The van der Waals surface area contributed by atoms with E-state index in [1.54, 1.807) is 24.3 Å². The molecule has 0 heterocycles. The Morgan fingerprint density at radius 3 is 2.38 bits per heavy atom. The second-order valence-electron chi connectivity index (χ2n) is 6.78. The molecule has 0 spiro atoms. The lowest BCUT2D eigenvalue weighted by atomic mass is 10.2. The van der Waals surface area contributed by atoms with Gasteiger partial charge in [0.2, 0.25) is 0 Å². The zero-order chi connectivity index (χ0) is 23.7. The molecule has 0 unspecified atom stereocenters. The number of carbonyl (C=O) groups excluding carboxylic acids is 2. The van der Waals surface area contributed by atoms with Gasteiger partial charge in [-0.05, 0) is 62.7 Å². The van der Waals surface area contributed by atoms with Crippen molar-refractivity contribution in [2.24, 2.45) is 0 Å². The third-order valence-corrected chi connectivity index (χ3v) is 4.34. The van der Waals surface area contributed by atoms with E-state index in [9.17, 15) is 9.59 Å². The van der Waals surface area contributed by atoms with Crippen molar-refractivity contribution in [3.05, 3.63) is 52.6 Å². The number of ether oxygens (including phenoxy) is 4. The van der Waals surface area contributed by atoms with Gasteiger partial charge in [0.25, 0.3) is 11.8 Å². The van der Waals surface area contributed by atoms with Crippen molar-refractivity contribution in [3.63, 3.8) is 0 Å². The van der Waals surface area contributed by atoms with Gasteiger partial charge in [-0.3, -0.25) is 20.4 Å². The van der Waals surface area contributed by atoms with Crippen LogP contribution in [-0.4, -0.2) is 38.7 Å². The van der Waals surface area contributed by atoms with Crippen LogP contribution >= 0.6 is 11.6 Å². The Labute approximate surface area is 192 Å². The zero-order valence-corrected chi connectivity index (χ0v) is 19.4. The standard InChI is InChI=1S/C23H27ClN2O6/c1-6-31-22-17(24)11-15(12-20(22)30-5)7-10-21(27)25-26-23(28)16-8-9-18(32-14(2)3)19(13-16)29-4/h7-14H,6H2,1-5H3,(H,25,27)(H,26,28)/b10-7+. The van der Waals surface area contributed by atoms with E-state index in [4.69, 9.17) is 30.5 Å². The first kappa shape index (κ1) is 24.9. The Hall–Kier alpha value is -3.39. The fraction of sp³-hybridized carbons (Fsp3) is 0.304. The zero-order valence-electron chi connectivity index (χ0n) is 18.7. The number of halogens is 1. The summed E-state index contributed by atoms with van der Waals surface area (Å²) in [7, 11) is 2.99. The van der Waals surface area contributed by atoms with Crippen LogP contribution in [-0.2, 0) is 4.79 Å². The maximum absolute atomic E-state index is 12.4. The first-order valence-corrected chi connectivity index (χ1v) is 10.3. The number of carbonyl (C=O) groups is 2. The van der Waals surface area contributed by atoms with Gasteiger partial charge in [0.15, 0.2) is 23.0 Å². The summed E-state index contributed by atoms with van der Waals surface area (Å²) in [6.07, 6.45) is 2.75. The Morgan fingerprint density at radius 2 is 1.75 bits per heavy atom. The summed E-state index contributed by atoms with van der Waals surface area (Å²) in [4.78, 5) is 24.5. The average molecular weight is 463 g/mol. The van der Waals surface area contributed by atoms with Gasteiger partial charge >= 0.3 is 0 Å².